The van der Waals surface area contributed by atoms with E-state index in [1.165, 1.54) is 0 Å². The molecule has 4 rings (SSSR count). The van der Waals surface area contributed by atoms with Gasteiger partial charge in [0.1, 0.15) is 4.90 Å². The number of anilines is 2. The minimum Gasteiger partial charge on any atom is -0.354 e. The molecule has 2 aromatic heterocycles. The molecule has 10 nitrogen and oxygen atoms in total. The van der Waals surface area contributed by atoms with Crippen LogP contribution < -0.4 is 21.1 Å². The summed E-state index contributed by atoms with van der Waals surface area (Å²) in [6, 6.07) is 8.51. The van der Waals surface area contributed by atoms with Gasteiger partial charge in [-0.25, -0.2) is 13.1 Å². The monoisotopic (exact) mass is 498 g/mol. The predicted octanol–water partition coefficient (Wildman–Crippen LogP) is 3.13. The Morgan fingerprint density at radius 3 is 2.23 bits per heavy atom. The Bertz CT molecular complexity index is 1250. The van der Waals surface area contributed by atoms with Gasteiger partial charge in [0.25, 0.3) is 0 Å². The molecule has 0 bridgehead atoms. The molecule has 1 aliphatic carbocycles. The Hall–Kier alpha value is -2.89. The van der Waals surface area contributed by atoms with Gasteiger partial charge in [0.15, 0.2) is 5.82 Å². The fourth-order valence-corrected chi connectivity index (χ4v) is 6.02. The second-order valence-corrected chi connectivity index (χ2v) is 10.6. The Kier molecular flexibility index (Phi) is 7.78. The molecule has 1 aromatic carbocycles. The summed E-state index contributed by atoms with van der Waals surface area (Å²) in [5.41, 5.74) is 7.86. The maximum absolute atomic E-state index is 13.2. The summed E-state index contributed by atoms with van der Waals surface area (Å²) in [5, 5.41) is 7.06. The van der Waals surface area contributed by atoms with E-state index in [4.69, 9.17) is 5.73 Å². The van der Waals surface area contributed by atoms with Gasteiger partial charge in [-0.3, -0.25) is 4.98 Å². The summed E-state index contributed by atoms with van der Waals surface area (Å²) >= 11 is 0. The number of fused-ring (bicyclic) bond motifs is 1. The zero-order valence-electron chi connectivity index (χ0n) is 20.5. The van der Waals surface area contributed by atoms with E-state index in [1.807, 2.05) is 39.0 Å². The van der Waals surface area contributed by atoms with Crippen molar-refractivity contribution in [1.29, 1.82) is 0 Å². The van der Waals surface area contributed by atoms with Crippen molar-refractivity contribution in [1.82, 2.24) is 24.7 Å². The Morgan fingerprint density at radius 2 is 1.60 bits per heavy atom. The first-order valence-corrected chi connectivity index (χ1v) is 13.7. The normalized spacial score (nSPS) is 19.4. The van der Waals surface area contributed by atoms with Crippen LogP contribution >= 0.6 is 0 Å². The molecule has 3 aromatic rings. The molecular formula is C24H34N8O2S. The van der Waals surface area contributed by atoms with E-state index >= 15 is 0 Å². The first kappa shape index (κ1) is 25.2. The number of para-hydroxylation sites is 1. The van der Waals surface area contributed by atoms with Gasteiger partial charge < -0.3 is 16.4 Å². The number of nitrogens with one attached hydrogen (secondary N) is 3. The maximum Gasteiger partial charge on any atom is 0.242 e. The molecular weight excluding hydrogens is 464 g/mol. The van der Waals surface area contributed by atoms with Crippen molar-refractivity contribution in [3.8, 4) is 0 Å². The van der Waals surface area contributed by atoms with Gasteiger partial charge in [0.05, 0.1) is 11.6 Å². The van der Waals surface area contributed by atoms with Crippen LogP contribution in [0.4, 0.5) is 11.9 Å². The van der Waals surface area contributed by atoms with E-state index in [0.29, 0.717) is 49.2 Å². The fraction of sp³-hybridized carbons (Fsp3) is 0.500. The summed E-state index contributed by atoms with van der Waals surface area (Å²) in [6.45, 7) is 7.21. The average molecular weight is 499 g/mol. The van der Waals surface area contributed by atoms with Crippen LogP contribution in [0.25, 0.3) is 10.9 Å². The number of pyridine rings is 1. The van der Waals surface area contributed by atoms with Crippen LogP contribution in [0.15, 0.2) is 35.2 Å². The summed E-state index contributed by atoms with van der Waals surface area (Å²) in [7, 11) is -3.71. The molecule has 188 valence electrons. The topological polar surface area (TPSA) is 148 Å². The molecule has 1 unspecified atom stereocenters. The quantitative estimate of drug-likeness (QED) is 0.349. The highest BCUT2D eigenvalue weighted by Crippen LogP contribution is 2.33. The van der Waals surface area contributed by atoms with Gasteiger partial charge in [-0.05, 0) is 64.5 Å². The molecule has 35 heavy (non-hydrogen) atoms. The van der Waals surface area contributed by atoms with Gasteiger partial charge in [-0.2, -0.15) is 15.0 Å². The predicted molar refractivity (Wildman–Crippen MR) is 138 cm³/mol. The van der Waals surface area contributed by atoms with Crippen LogP contribution in [0.3, 0.4) is 0 Å². The molecule has 5 N–H and O–H groups in total. The Labute approximate surface area is 206 Å². The lowest BCUT2D eigenvalue weighted by Crippen LogP contribution is -2.39. The molecule has 1 fully saturated rings. The van der Waals surface area contributed by atoms with E-state index in [0.717, 1.165) is 23.9 Å². The van der Waals surface area contributed by atoms with Crippen molar-refractivity contribution in [3.63, 3.8) is 0 Å². The van der Waals surface area contributed by atoms with Crippen LogP contribution in [0.1, 0.15) is 57.1 Å². The van der Waals surface area contributed by atoms with Crippen LogP contribution in [0.5, 0.6) is 0 Å². The molecule has 2 heterocycles. The van der Waals surface area contributed by atoms with Crippen molar-refractivity contribution < 1.29 is 8.42 Å². The highest BCUT2D eigenvalue weighted by molar-refractivity contribution is 7.89. The average Bonchev–Trinajstić information content (AvgIpc) is 2.83. The lowest BCUT2D eigenvalue weighted by Gasteiger charge is -2.32. The third-order valence-corrected chi connectivity index (χ3v) is 7.89. The Balaban J connectivity index is 1.44. The van der Waals surface area contributed by atoms with Crippen molar-refractivity contribution in [2.24, 2.45) is 11.7 Å². The van der Waals surface area contributed by atoms with Crippen LogP contribution in [-0.2, 0) is 10.0 Å². The fourth-order valence-electron chi connectivity index (χ4n) is 4.54. The summed E-state index contributed by atoms with van der Waals surface area (Å²) in [5.74, 6) is 1.71. The lowest BCUT2D eigenvalue weighted by molar-refractivity contribution is 0.269. The second-order valence-electron chi connectivity index (χ2n) is 8.94. The second kappa shape index (κ2) is 10.8. The molecule has 0 spiro atoms. The van der Waals surface area contributed by atoms with Crippen LogP contribution in [-0.4, -0.2) is 47.5 Å². The maximum atomic E-state index is 13.2. The molecule has 0 amide bonds. The highest BCUT2D eigenvalue weighted by atomic mass is 32.2. The number of nitrogens with two attached hydrogens (primary N) is 1. The molecule has 0 aliphatic heterocycles. The molecule has 0 radical (unpaired) electrons. The third kappa shape index (κ3) is 5.85. The van der Waals surface area contributed by atoms with E-state index < -0.39 is 10.0 Å². The number of hydrogen-bond acceptors (Lipinski definition) is 9. The summed E-state index contributed by atoms with van der Waals surface area (Å²) in [6.07, 6.45) is 2.94. The molecule has 1 saturated carbocycles. The standard InChI is InChI=1S/C24H34N8O2S/c1-4-26-23-29-22(30-24(31-23)27-5-2)20(25)16-11-13-18(14-12-16)32-35(33,34)19-8-6-7-17-10-9-15(3)28-21(17)19/h6-10,16,18,20,32H,4-5,11-14,25H2,1-3H3,(H2,26,27,29,30,31). The first-order valence-electron chi connectivity index (χ1n) is 12.2. The number of benzene rings is 1. The van der Waals surface area contributed by atoms with Crippen molar-refractivity contribution in [2.75, 3.05) is 23.7 Å². The Morgan fingerprint density at radius 1 is 0.943 bits per heavy atom. The molecule has 1 aliphatic rings. The van der Waals surface area contributed by atoms with E-state index in [1.54, 1.807) is 12.1 Å². The number of hydrogen-bond donors (Lipinski definition) is 4. The number of aryl methyl sites for hydroxylation is 1. The van der Waals surface area contributed by atoms with E-state index in [9.17, 15) is 8.42 Å². The first-order chi connectivity index (χ1) is 16.8. The zero-order valence-corrected chi connectivity index (χ0v) is 21.3. The van der Waals surface area contributed by atoms with E-state index in [-0.39, 0.29) is 22.9 Å². The van der Waals surface area contributed by atoms with Gasteiger partial charge in [0.2, 0.25) is 21.9 Å². The highest BCUT2D eigenvalue weighted by Gasteiger charge is 2.31. The molecule has 0 saturated heterocycles. The lowest BCUT2D eigenvalue weighted by atomic mass is 9.82. The summed E-state index contributed by atoms with van der Waals surface area (Å²) in [4.78, 5) is 18.1. The number of aromatic nitrogens is 4. The largest absolute Gasteiger partial charge is 0.354 e. The van der Waals surface area contributed by atoms with Crippen molar-refractivity contribution in [2.45, 2.75) is 63.4 Å². The molecule has 1 atom stereocenters. The van der Waals surface area contributed by atoms with Gasteiger partial charge in [-0.1, -0.05) is 18.2 Å². The van der Waals surface area contributed by atoms with Gasteiger partial charge >= 0.3 is 0 Å². The third-order valence-electron chi connectivity index (χ3n) is 6.33. The van der Waals surface area contributed by atoms with Crippen LogP contribution in [0, 0.1) is 12.8 Å². The number of rotatable bonds is 9. The molecule has 11 heteroatoms. The minimum absolute atomic E-state index is 0.156. The summed E-state index contributed by atoms with van der Waals surface area (Å²) < 4.78 is 29.4. The van der Waals surface area contributed by atoms with E-state index in [2.05, 4.69) is 35.3 Å². The van der Waals surface area contributed by atoms with Gasteiger partial charge in [0, 0.05) is 30.2 Å². The number of sulfonamides is 1. The van der Waals surface area contributed by atoms with Gasteiger partial charge in [-0.15, -0.1) is 0 Å². The van der Waals surface area contributed by atoms with Crippen molar-refractivity contribution >= 4 is 32.8 Å². The number of nitrogens with zero attached hydrogens (tertiary/aromatic N) is 4. The van der Waals surface area contributed by atoms with Crippen LogP contribution in [0.2, 0.25) is 0 Å². The minimum atomic E-state index is -3.71. The zero-order chi connectivity index (χ0) is 25.0. The smallest absolute Gasteiger partial charge is 0.242 e. The van der Waals surface area contributed by atoms with Crippen molar-refractivity contribution in [3.05, 3.63) is 41.9 Å². The SMILES string of the molecule is CCNc1nc(NCC)nc(C(N)C2CCC(NS(=O)(=O)c3cccc4ccc(C)nc34)CC2)n1.